The highest BCUT2D eigenvalue weighted by molar-refractivity contribution is 5.58. The molecule has 0 bridgehead atoms. The fourth-order valence-electron chi connectivity index (χ4n) is 2.30. The lowest BCUT2D eigenvalue weighted by Gasteiger charge is -2.24. The van der Waals surface area contributed by atoms with Crippen LogP contribution in [0.1, 0.15) is 31.6 Å². The molecule has 0 radical (unpaired) electrons. The predicted molar refractivity (Wildman–Crippen MR) is 81.0 cm³/mol. The standard InChI is InChI=1S/C15H22N4O/c1-4-7-13-14(16-3)17-11-18-15(13)19(5-2)10-12-8-6-9-20-12/h6,8-9,11H,4-5,7,10H2,1-3H3,(H,16,17,18). The number of hydrogen-bond donors (Lipinski definition) is 1. The fraction of sp³-hybridized carbons (Fsp3) is 0.467. The molecule has 5 heteroatoms. The van der Waals surface area contributed by atoms with Crippen LogP contribution in [0.5, 0.6) is 0 Å². The quantitative estimate of drug-likeness (QED) is 0.841. The van der Waals surface area contributed by atoms with Crippen molar-refractivity contribution in [2.24, 2.45) is 0 Å². The second-order valence-corrected chi connectivity index (χ2v) is 4.62. The van der Waals surface area contributed by atoms with Crippen LogP contribution in [0.25, 0.3) is 0 Å². The highest BCUT2D eigenvalue weighted by Crippen LogP contribution is 2.26. The van der Waals surface area contributed by atoms with E-state index in [0.717, 1.165) is 43.3 Å². The van der Waals surface area contributed by atoms with E-state index in [-0.39, 0.29) is 0 Å². The summed E-state index contributed by atoms with van der Waals surface area (Å²) in [6.45, 7) is 5.89. The number of nitrogens with zero attached hydrogens (tertiary/aromatic N) is 3. The molecule has 0 aromatic carbocycles. The smallest absolute Gasteiger partial charge is 0.137 e. The summed E-state index contributed by atoms with van der Waals surface area (Å²) in [5.41, 5.74) is 1.17. The van der Waals surface area contributed by atoms with Gasteiger partial charge in [0.25, 0.3) is 0 Å². The van der Waals surface area contributed by atoms with Gasteiger partial charge in [0.15, 0.2) is 0 Å². The van der Waals surface area contributed by atoms with Crippen molar-refractivity contribution in [2.45, 2.75) is 33.2 Å². The maximum atomic E-state index is 5.44. The summed E-state index contributed by atoms with van der Waals surface area (Å²) in [5, 5.41) is 3.16. The molecule has 0 saturated carbocycles. The SMILES string of the molecule is CCCc1c(NC)ncnc1N(CC)Cc1ccco1. The Balaban J connectivity index is 2.32. The van der Waals surface area contributed by atoms with E-state index in [1.54, 1.807) is 12.6 Å². The summed E-state index contributed by atoms with van der Waals surface area (Å²) in [5.74, 6) is 2.85. The molecule has 0 aliphatic heterocycles. The minimum atomic E-state index is 0.723. The van der Waals surface area contributed by atoms with Gasteiger partial charge in [0.1, 0.15) is 23.7 Å². The first kappa shape index (κ1) is 14.4. The van der Waals surface area contributed by atoms with Gasteiger partial charge in [-0.3, -0.25) is 0 Å². The van der Waals surface area contributed by atoms with Crippen molar-refractivity contribution in [3.8, 4) is 0 Å². The van der Waals surface area contributed by atoms with Crippen LogP contribution < -0.4 is 10.2 Å². The molecule has 108 valence electrons. The average Bonchev–Trinajstić information content (AvgIpc) is 2.98. The van der Waals surface area contributed by atoms with E-state index in [1.165, 1.54) is 5.56 Å². The maximum Gasteiger partial charge on any atom is 0.137 e. The molecule has 0 amide bonds. The van der Waals surface area contributed by atoms with Crippen molar-refractivity contribution in [2.75, 3.05) is 23.8 Å². The summed E-state index contributed by atoms with van der Waals surface area (Å²) in [7, 11) is 1.90. The van der Waals surface area contributed by atoms with Gasteiger partial charge >= 0.3 is 0 Å². The van der Waals surface area contributed by atoms with Crippen LogP contribution in [0.4, 0.5) is 11.6 Å². The molecule has 20 heavy (non-hydrogen) atoms. The first-order valence-corrected chi connectivity index (χ1v) is 7.09. The van der Waals surface area contributed by atoms with Crippen LogP contribution in [0, 0.1) is 0 Å². The third-order valence-corrected chi connectivity index (χ3v) is 3.27. The molecule has 2 rings (SSSR count). The van der Waals surface area contributed by atoms with E-state index >= 15 is 0 Å². The molecule has 0 spiro atoms. The minimum Gasteiger partial charge on any atom is -0.467 e. The Morgan fingerprint density at radius 3 is 2.75 bits per heavy atom. The highest BCUT2D eigenvalue weighted by Gasteiger charge is 2.16. The van der Waals surface area contributed by atoms with Crippen LogP contribution in [0.15, 0.2) is 29.1 Å². The van der Waals surface area contributed by atoms with E-state index in [1.807, 2.05) is 19.2 Å². The van der Waals surface area contributed by atoms with Gasteiger partial charge in [0.2, 0.25) is 0 Å². The van der Waals surface area contributed by atoms with E-state index < -0.39 is 0 Å². The summed E-state index contributed by atoms with van der Waals surface area (Å²) >= 11 is 0. The topological polar surface area (TPSA) is 54.2 Å². The Morgan fingerprint density at radius 2 is 2.15 bits per heavy atom. The van der Waals surface area contributed by atoms with Crippen molar-refractivity contribution < 1.29 is 4.42 Å². The lowest BCUT2D eigenvalue weighted by molar-refractivity contribution is 0.502. The van der Waals surface area contributed by atoms with E-state index in [9.17, 15) is 0 Å². The summed E-state index contributed by atoms with van der Waals surface area (Å²) in [4.78, 5) is 11.0. The number of rotatable bonds is 7. The van der Waals surface area contributed by atoms with E-state index in [0.29, 0.717) is 0 Å². The van der Waals surface area contributed by atoms with Crippen LogP contribution in [0.3, 0.4) is 0 Å². The molecule has 5 nitrogen and oxygen atoms in total. The normalized spacial score (nSPS) is 10.6. The number of aromatic nitrogens is 2. The molecule has 0 atom stereocenters. The molecule has 0 aliphatic rings. The summed E-state index contributed by atoms with van der Waals surface area (Å²) in [6, 6.07) is 3.90. The zero-order valence-corrected chi connectivity index (χ0v) is 12.4. The molecule has 2 aromatic rings. The number of anilines is 2. The molecule has 0 aliphatic carbocycles. The first-order valence-electron chi connectivity index (χ1n) is 7.09. The lowest BCUT2D eigenvalue weighted by atomic mass is 10.1. The number of furan rings is 1. The van der Waals surface area contributed by atoms with Crippen LogP contribution in [-0.2, 0) is 13.0 Å². The van der Waals surface area contributed by atoms with Crippen LogP contribution >= 0.6 is 0 Å². The second-order valence-electron chi connectivity index (χ2n) is 4.62. The van der Waals surface area contributed by atoms with Gasteiger partial charge in [0.05, 0.1) is 12.8 Å². The fourth-order valence-corrected chi connectivity index (χ4v) is 2.30. The zero-order valence-electron chi connectivity index (χ0n) is 12.4. The third kappa shape index (κ3) is 3.10. The first-order chi connectivity index (χ1) is 9.80. The molecular formula is C15H22N4O. The van der Waals surface area contributed by atoms with Gasteiger partial charge in [-0.1, -0.05) is 13.3 Å². The molecule has 2 aromatic heterocycles. The van der Waals surface area contributed by atoms with Crippen molar-refractivity contribution >= 4 is 11.6 Å². The monoisotopic (exact) mass is 274 g/mol. The number of nitrogens with one attached hydrogen (secondary N) is 1. The van der Waals surface area contributed by atoms with Gasteiger partial charge in [-0.25, -0.2) is 9.97 Å². The lowest BCUT2D eigenvalue weighted by Crippen LogP contribution is -2.25. The average molecular weight is 274 g/mol. The molecule has 0 fully saturated rings. The summed E-state index contributed by atoms with van der Waals surface area (Å²) < 4.78 is 5.44. The Hall–Kier alpha value is -2.04. The Kier molecular flexibility index (Phi) is 4.98. The highest BCUT2D eigenvalue weighted by atomic mass is 16.3. The van der Waals surface area contributed by atoms with Crippen LogP contribution in [0.2, 0.25) is 0 Å². The Morgan fingerprint density at radius 1 is 1.30 bits per heavy atom. The maximum absolute atomic E-state index is 5.44. The largest absolute Gasteiger partial charge is 0.467 e. The van der Waals surface area contributed by atoms with Gasteiger partial charge in [-0.2, -0.15) is 0 Å². The molecule has 0 unspecified atom stereocenters. The van der Waals surface area contributed by atoms with Gasteiger partial charge in [-0.15, -0.1) is 0 Å². The molecular weight excluding hydrogens is 252 g/mol. The molecule has 0 saturated heterocycles. The Bertz CT molecular complexity index is 525. The van der Waals surface area contributed by atoms with Gasteiger partial charge in [0, 0.05) is 19.2 Å². The van der Waals surface area contributed by atoms with Crippen molar-refractivity contribution in [3.63, 3.8) is 0 Å². The summed E-state index contributed by atoms with van der Waals surface area (Å²) in [6.07, 6.45) is 5.34. The van der Waals surface area contributed by atoms with Crippen molar-refractivity contribution in [3.05, 3.63) is 36.0 Å². The zero-order chi connectivity index (χ0) is 14.4. The molecule has 1 N–H and O–H groups in total. The van der Waals surface area contributed by atoms with Gasteiger partial charge < -0.3 is 14.6 Å². The van der Waals surface area contributed by atoms with Crippen molar-refractivity contribution in [1.29, 1.82) is 0 Å². The molecule has 2 heterocycles. The Labute approximate surface area is 120 Å². The minimum absolute atomic E-state index is 0.723. The van der Waals surface area contributed by atoms with E-state index in [4.69, 9.17) is 4.42 Å². The third-order valence-electron chi connectivity index (χ3n) is 3.27. The van der Waals surface area contributed by atoms with Gasteiger partial charge in [-0.05, 0) is 25.5 Å². The van der Waals surface area contributed by atoms with E-state index in [2.05, 4.69) is 34.0 Å². The van der Waals surface area contributed by atoms with Crippen LogP contribution in [-0.4, -0.2) is 23.6 Å². The second kappa shape index (κ2) is 6.93. The number of hydrogen-bond acceptors (Lipinski definition) is 5. The predicted octanol–water partition coefficient (Wildman–Crippen LogP) is 3.09. The van der Waals surface area contributed by atoms with Crippen molar-refractivity contribution in [1.82, 2.24) is 9.97 Å².